The van der Waals surface area contributed by atoms with Crippen LogP contribution in [0.2, 0.25) is 0 Å². The SMILES string of the molecule is Cc1cc(=O)n2c(c1CN)N(C)CC2. The normalized spacial score (nSPS) is 14.6. The molecule has 0 unspecified atom stereocenters. The van der Waals surface area contributed by atoms with Crippen LogP contribution < -0.4 is 16.2 Å². The van der Waals surface area contributed by atoms with Gasteiger partial charge in [0.15, 0.2) is 0 Å². The number of fused-ring (bicyclic) bond motifs is 1. The summed E-state index contributed by atoms with van der Waals surface area (Å²) in [4.78, 5) is 13.7. The third-order valence-electron chi connectivity index (χ3n) is 2.83. The summed E-state index contributed by atoms with van der Waals surface area (Å²) < 4.78 is 1.80. The molecule has 1 aliphatic rings. The van der Waals surface area contributed by atoms with Crippen molar-refractivity contribution in [3.05, 3.63) is 27.5 Å². The predicted octanol–water partition coefficient (Wildman–Crippen LogP) is 0.0652. The Morgan fingerprint density at radius 3 is 2.86 bits per heavy atom. The van der Waals surface area contributed by atoms with E-state index in [1.54, 1.807) is 10.6 Å². The Balaban J connectivity index is 2.74. The summed E-state index contributed by atoms with van der Waals surface area (Å²) in [5.41, 5.74) is 7.86. The smallest absolute Gasteiger partial charge is 0.252 e. The number of hydrogen-bond donors (Lipinski definition) is 1. The van der Waals surface area contributed by atoms with Gasteiger partial charge in [-0.05, 0) is 12.5 Å². The molecule has 2 N–H and O–H groups in total. The Bertz CT molecular complexity index is 422. The molecule has 0 radical (unpaired) electrons. The van der Waals surface area contributed by atoms with E-state index in [0.717, 1.165) is 30.0 Å². The number of nitrogens with two attached hydrogens (primary N) is 1. The van der Waals surface area contributed by atoms with Crippen molar-refractivity contribution in [2.75, 3.05) is 18.5 Å². The maximum Gasteiger partial charge on any atom is 0.252 e. The Labute approximate surface area is 82.9 Å². The lowest BCUT2D eigenvalue weighted by Crippen LogP contribution is -2.22. The number of aromatic nitrogens is 1. The molecule has 0 aromatic carbocycles. The Hall–Kier alpha value is -1.29. The summed E-state index contributed by atoms with van der Waals surface area (Å²) in [7, 11) is 2.00. The van der Waals surface area contributed by atoms with Crippen molar-refractivity contribution >= 4 is 5.82 Å². The molecule has 2 rings (SSSR count). The lowest BCUT2D eigenvalue weighted by atomic mass is 10.1. The molecule has 0 bridgehead atoms. The zero-order chi connectivity index (χ0) is 10.3. The van der Waals surface area contributed by atoms with E-state index >= 15 is 0 Å². The maximum absolute atomic E-state index is 11.6. The number of rotatable bonds is 1. The molecule has 4 nitrogen and oxygen atoms in total. The summed E-state index contributed by atoms with van der Waals surface area (Å²) in [6.45, 7) is 4.10. The second-order valence-corrected chi connectivity index (χ2v) is 3.75. The van der Waals surface area contributed by atoms with Crippen LogP contribution in [-0.2, 0) is 13.1 Å². The molecule has 0 amide bonds. The average Bonchev–Trinajstić information content (AvgIpc) is 2.50. The number of aryl methyl sites for hydroxylation is 1. The highest BCUT2D eigenvalue weighted by molar-refractivity contribution is 5.53. The predicted molar refractivity (Wildman–Crippen MR) is 56.6 cm³/mol. The van der Waals surface area contributed by atoms with Crippen molar-refractivity contribution in [1.29, 1.82) is 0 Å². The number of hydrogen-bond acceptors (Lipinski definition) is 3. The second-order valence-electron chi connectivity index (χ2n) is 3.75. The highest BCUT2D eigenvalue weighted by atomic mass is 16.1. The third-order valence-corrected chi connectivity index (χ3v) is 2.83. The van der Waals surface area contributed by atoms with Gasteiger partial charge < -0.3 is 10.6 Å². The van der Waals surface area contributed by atoms with Crippen molar-refractivity contribution in [3.8, 4) is 0 Å². The highest BCUT2D eigenvalue weighted by Gasteiger charge is 2.21. The monoisotopic (exact) mass is 193 g/mol. The van der Waals surface area contributed by atoms with Gasteiger partial charge in [-0.25, -0.2) is 0 Å². The van der Waals surface area contributed by atoms with Crippen LogP contribution in [0, 0.1) is 6.92 Å². The standard InChI is InChI=1S/C10H15N3O/c1-7-5-9(14)13-4-3-12(2)10(13)8(7)6-11/h5H,3-4,6,11H2,1-2H3. The van der Waals surface area contributed by atoms with Gasteiger partial charge in [0.2, 0.25) is 0 Å². The minimum atomic E-state index is 0.0825. The van der Waals surface area contributed by atoms with Crippen LogP contribution in [0.25, 0.3) is 0 Å². The molecular formula is C10H15N3O. The van der Waals surface area contributed by atoms with Crippen LogP contribution in [0.4, 0.5) is 5.82 Å². The molecule has 76 valence electrons. The van der Waals surface area contributed by atoms with Crippen molar-refractivity contribution < 1.29 is 0 Å². The molecule has 0 atom stereocenters. The van der Waals surface area contributed by atoms with Gasteiger partial charge in [-0.3, -0.25) is 9.36 Å². The number of anilines is 1. The number of pyridine rings is 1. The topological polar surface area (TPSA) is 51.3 Å². The van der Waals surface area contributed by atoms with Crippen molar-refractivity contribution in [3.63, 3.8) is 0 Å². The highest BCUT2D eigenvalue weighted by Crippen LogP contribution is 2.24. The van der Waals surface area contributed by atoms with Crippen LogP contribution in [0.5, 0.6) is 0 Å². The van der Waals surface area contributed by atoms with Gasteiger partial charge in [-0.2, -0.15) is 0 Å². The van der Waals surface area contributed by atoms with Gasteiger partial charge in [0.25, 0.3) is 5.56 Å². The van der Waals surface area contributed by atoms with E-state index in [1.165, 1.54) is 0 Å². The number of likely N-dealkylation sites (N-methyl/N-ethyl adjacent to an activating group) is 1. The minimum absolute atomic E-state index is 0.0825. The van der Waals surface area contributed by atoms with Gasteiger partial charge in [0.1, 0.15) is 5.82 Å². The van der Waals surface area contributed by atoms with Crippen LogP contribution in [-0.4, -0.2) is 18.2 Å². The molecule has 0 spiro atoms. The molecule has 1 aromatic rings. The molecule has 0 saturated heterocycles. The summed E-state index contributed by atoms with van der Waals surface area (Å²) in [6.07, 6.45) is 0. The molecule has 1 aliphatic heterocycles. The molecule has 0 fully saturated rings. The zero-order valence-electron chi connectivity index (χ0n) is 8.58. The largest absolute Gasteiger partial charge is 0.359 e. The first-order valence-electron chi connectivity index (χ1n) is 4.79. The van der Waals surface area contributed by atoms with Gasteiger partial charge >= 0.3 is 0 Å². The lowest BCUT2D eigenvalue weighted by molar-refractivity contribution is 0.758. The van der Waals surface area contributed by atoms with E-state index in [9.17, 15) is 4.79 Å². The Morgan fingerprint density at radius 1 is 1.50 bits per heavy atom. The van der Waals surface area contributed by atoms with Crippen LogP contribution in [0.15, 0.2) is 10.9 Å². The molecule has 4 heteroatoms. The van der Waals surface area contributed by atoms with E-state index in [2.05, 4.69) is 4.90 Å². The van der Waals surface area contributed by atoms with E-state index in [0.29, 0.717) is 6.54 Å². The first-order chi connectivity index (χ1) is 6.65. The first-order valence-corrected chi connectivity index (χ1v) is 4.79. The van der Waals surface area contributed by atoms with Gasteiger partial charge in [-0.1, -0.05) is 0 Å². The Morgan fingerprint density at radius 2 is 2.21 bits per heavy atom. The number of nitrogens with zero attached hydrogens (tertiary/aromatic N) is 2. The average molecular weight is 193 g/mol. The van der Waals surface area contributed by atoms with Gasteiger partial charge in [0, 0.05) is 38.3 Å². The molecular weight excluding hydrogens is 178 g/mol. The van der Waals surface area contributed by atoms with E-state index in [1.807, 2.05) is 14.0 Å². The molecule has 2 heterocycles. The molecule has 0 aliphatic carbocycles. The molecule has 14 heavy (non-hydrogen) atoms. The zero-order valence-corrected chi connectivity index (χ0v) is 8.58. The fourth-order valence-corrected chi connectivity index (χ4v) is 2.05. The maximum atomic E-state index is 11.6. The van der Waals surface area contributed by atoms with Crippen molar-refractivity contribution in [2.24, 2.45) is 5.73 Å². The summed E-state index contributed by atoms with van der Waals surface area (Å²) >= 11 is 0. The summed E-state index contributed by atoms with van der Waals surface area (Å²) in [5, 5.41) is 0. The quantitative estimate of drug-likeness (QED) is 0.686. The van der Waals surface area contributed by atoms with E-state index in [4.69, 9.17) is 5.73 Å². The fourth-order valence-electron chi connectivity index (χ4n) is 2.05. The minimum Gasteiger partial charge on any atom is -0.359 e. The summed E-state index contributed by atoms with van der Waals surface area (Å²) in [6, 6.07) is 1.67. The third kappa shape index (κ3) is 1.14. The van der Waals surface area contributed by atoms with E-state index in [-0.39, 0.29) is 5.56 Å². The van der Waals surface area contributed by atoms with Crippen molar-refractivity contribution in [2.45, 2.75) is 20.0 Å². The van der Waals surface area contributed by atoms with Crippen LogP contribution >= 0.6 is 0 Å². The van der Waals surface area contributed by atoms with Gasteiger partial charge in [-0.15, -0.1) is 0 Å². The Kier molecular flexibility index (Phi) is 2.07. The lowest BCUT2D eigenvalue weighted by Gasteiger charge is -2.16. The van der Waals surface area contributed by atoms with Crippen LogP contribution in [0.3, 0.4) is 0 Å². The molecule has 1 aromatic heterocycles. The fraction of sp³-hybridized carbons (Fsp3) is 0.500. The van der Waals surface area contributed by atoms with E-state index < -0.39 is 0 Å². The first kappa shape index (κ1) is 9.27. The molecule has 0 saturated carbocycles. The van der Waals surface area contributed by atoms with Gasteiger partial charge in [0.05, 0.1) is 0 Å². The van der Waals surface area contributed by atoms with Crippen LogP contribution in [0.1, 0.15) is 11.1 Å². The van der Waals surface area contributed by atoms with Crippen molar-refractivity contribution in [1.82, 2.24) is 4.57 Å². The summed E-state index contributed by atoms with van der Waals surface area (Å²) in [5.74, 6) is 0.998. The second kappa shape index (κ2) is 3.13.